The molecule has 6 atom stereocenters. The van der Waals surface area contributed by atoms with Gasteiger partial charge in [-0.05, 0) is 52.3 Å². The Labute approximate surface area is 264 Å². The third kappa shape index (κ3) is 10.7. The molecule has 13 heteroatoms. The van der Waals surface area contributed by atoms with Gasteiger partial charge in [0.1, 0.15) is 23.3 Å². The van der Waals surface area contributed by atoms with Crippen LogP contribution in [-0.4, -0.2) is 103 Å². The highest BCUT2D eigenvalue weighted by atomic mass is 16.6. The number of amides is 2. The number of phenols is 2. The summed E-state index contributed by atoms with van der Waals surface area (Å²) in [7, 11) is 6.66. The number of phenolic OH excluding ortho intramolecular Hbond substituents is 2. The first kappa shape index (κ1) is 37.4. The number of fused-ring (bicyclic) bond motifs is 2. The van der Waals surface area contributed by atoms with Gasteiger partial charge in [0.25, 0.3) is 5.91 Å². The molecule has 0 aromatic heterocycles. The van der Waals surface area contributed by atoms with Gasteiger partial charge in [-0.25, -0.2) is 10.3 Å². The number of hydrogen-bond donors (Lipinski definition) is 6. The molecule has 250 valence electrons. The zero-order valence-corrected chi connectivity index (χ0v) is 27.3. The third-order valence-corrected chi connectivity index (χ3v) is 7.55. The largest absolute Gasteiger partial charge is 0.506 e. The van der Waals surface area contributed by atoms with Crippen molar-refractivity contribution in [2.24, 2.45) is 16.8 Å². The van der Waals surface area contributed by atoms with E-state index >= 15 is 0 Å². The Kier molecular flexibility index (Phi) is 14.7. The average molecular weight is 633 g/mol. The van der Waals surface area contributed by atoms with Gasteiger partial charge in [0.2, 0.25) is 0 Å². The van der Waals surface area contributed by atoms with Gasteiger partial charge in [-0.1, -0.05) is 38.2 Å². The fourth-order valence-corrected chi connectivity index (χ4v) is 5.05. The number of aliphatic imine (C=N–C) groups is 1. The monoisotopic (exact) mass is 632 g/mol. The molecule has 2 rings (SSSR count). The van der Waals surface area contributed by atoms with Crippen LogP contribution in [0.4, 0.5) is 16.2 Å². The average Bonchev–Trinajstić information content (AvgIpc) is 2.99. The number of hydrogen-bond acceptors (Lipinski definition) is 11. The molecule has 0 radical (unpaired) electrons. The predicted molar refractivity (Wildman–Crippen MR) is 171 cm³/mol. The van der Waals surface area contributed by atoms with Crippen molar-refractivity contribution in [3.63, 3.8) is 0 Å². The van der Waals surface area contributed by atoms with E-state index in [1.54, 1.807) is 45.2 Å². The maximum atomic E-state index is 13.1. The fourth-order valence-electron chi connectivity index (χ4n) is 5.05. The van der Waals surface area contributed by atoms with Crippen LogP contribution in [0.1, 0.15) is 39.7 Å². The van der Waals surface area contributed by atoms with E-state index in [1.165, 1.54) is 31.8 Å². The number of ether oxygens (including phenoxy) is 3. The summed E-state index contributed by atoms with van der Waals surface area (Å²) in [5.74, 6) is -1.63. The number of aromatic hydroxyl groups is 2. The van der Waals surface area contributed by atoms with E-state index in [0.717, 1.165) is 0 Å². The Morgan fingerprint density at radius 1 is 1.20 bits per heavy atom. The lowest BCUT2D eigenvalue weighted by Gasteiger charge is -2.29. The lowest BCUT2D eigenvalue weighted by Crippen LogP contribution is -2.37. The first-order chi connectivity index (χ1) is 21.2. The summed E-state index contributed by atoms with van der Waals surface area (Å²) in [5, 5.41) is 45.3. The van der Waals surface area contributed by atoms with Crippen molar-refractivity contribution in [2.45, 2.75) is 65.0 Å². The zero-order valence-electron chi connectivity index (χ0n) is 27.3. The van der Waals surface area contributed by atoms with Crippen LogP contribution in [-0.2, 0) is 25.4 Å². The summed E-state index contributed by atoms with van der Waals surface area (Å²) in [6.07, 6.45) is 4.05. The van der Waals surface area contributed by atoms with E-state index in [-0.39, 0.29) is 40.8 Å². The van der Waals surface area contributed by atoms with E-state index < -0.39 is 42.3 Å². The van der Waals surface area contributed by atoms with Gasteiger partial charge < -0.3 is 39.7 Å². The van der Waals surface area contributed by atoms with E-state index in [4.69, 9.17) is 19.4 Å². The van der Waals surface area contributed by atoms with Gasteiger partial charge in [-0.3, -0.25) is 15.0 Å². The topological polar surface area (TPSA) is 182 Å². The van der Waals surface area contributed by atoms with Crippen molar-refractivity contribution in [3.8, 4) is 11.5 Å². The van der Waals surface area contributed by atoms with Crippen molar-refractivity contribution in [2.75, 3.05) is 40.2 Å². The maximum Gasteiger partial charge on any atom is 0.431 e. The summed E-state index contributed by atoms with van der Waals surface area (Å²) >= 11 is 0. The molecule has 13 nitrogen and oxygen atoms in total. The number of aliphatic hydroxyl groups is 1. The Balaban J connectivity index is 2.69. The molecule has 0 fully saturated rings. The predicted octanol–water partition coefficient (Wildman–Crippen LogP) is 3.84. The summed E-state index contributed by atoms with van der Waals surface area (Å²) < 4.78 is 16.6. The lowest BCUT2D eigenvalue weighted by molar-refractivity contribution is -0.112. The van der Waals surface area contributed by atoms with E-state index in [1.807, 2.05) is 25.9 Å². The number of nitrogens with one attached hydrogen (secondary N) is 2. The SMILES string of the molecule is CO[C@H]1C=C/C=C(\C)C(=O)Nc2cc(O)c(N=CCN(C)C)c(c2O)C[C@@H](C)C[C@H](OC)[C@H](O)[C@@H](C)/C=C(\C)[C@@H]1OC(=O)NO. The number of benzene rings is 1. The molecule has 0 saturated carbocycles. The number of carbonyl (C=O) groups excluding carboxylic acids is 2. The minimum absolute atomic E-state index is 0.0101. The van der Waals surface area contributed by atoms with Crippen LogP contribution < -0.4 is 10.8 Å². The maximum absolute atomic E-state index is 13.1. The number of carbonyl (C=O) groups is 2. The Morgan fingerprint density at radius 3 is 2.49 bits per heavy atom. The first-order valence-corrected chi connectivity index (χ1v) is 14.7. The Bertz CT molecular complexity index is 1290. The lowest BCUT2D eigenvalue weighted by atomic mass is 9.87. The number of methoxy groups -OCH3 is 2. The molecule has 1 aliphatic rings. The molecule has 1 heterocycles. The molecule has 0 saturated heterocycles. The van der Waals surface area contributed by atoms with Crippen LogP contribution >= 0.6 is 0 Å². The molecule has 0 unspecified atom stereocenters. The van der Waals surface area contributed by atoms with Gasteiger partial charge in [0.05, 0.1) is 17.9 Å². The second kappa shape index (κ2) is 17.7. The van der Waals surface area contributed by atoms with E-state index in [0.29, 0.717) is 24.1 Å². The second-order valence-electron chi connectivity index (χ2n) is 11.6. The zero-order chi connectivity index (χ0) is 33.8. The van der Waals surface area contributed by atoms with E-state index in [9.17, 15) is 24.9 Å². The van der Waals surface area contributed by atoms with Crippen molar-refractivity contribution < 1.29 is 44.3 Å². The molecule has 2 bridgehead atoms. The molecular weight excluding hydrogens is 584 g/mol. The Hall–Kier alpha value is -3.75. The van der Waals surface area contributed by atoms with Gasteiger partial charge >= 0.3 is 6.09 Å². The molecule has 45 heavy (non-hydrogen) atoms. The molecule has 0 aliphatic carbocycles. The highest BCUT2D eigenvalue weighted by molar-refractivity contribution is 6.04. The standard InChI is InChI=1S/C32H48N4O9/c1-18-14-22-27(33-12-13-36(5)6)24(37)17-23(29(22)39)34-31(40)19(2)10-9-11-25(43-7)30(45-32(41)35-42)21(4)16-20(3)28(38)26(15-18)44-8/h9-12,16-18,20,25-26,28,30,37-39,42H,13-15H2,1-8H3,(H,34,40)(H,35,41)/b11-9?,19-10+,21-16+,33-12?/t18-,20+,25+,26+,28-,30+/m1/s1. The van der Waals surface area contributed by atoms with Crippen molar-refractivity contribution in [1.82, 2.24) is 10.4 Å². The second-order valence-corrected chi connectivity index (χ2v) is 11.6. The first-order valence-electron chi connectivity index (χ1n) is 14.7. The van der Waals surface area contributed by atoms with E-state index in [2.05, 4.69) is 10.3 Å². The van der Waals surface area contributed by atoms with Crippen molar-refractivity contribution >= 4 is 29.6 Å². The fraction of sp³-hybridized carbons (Fsp3) is 0.531. The minimum atomic E-state index is -1.10. The molecule has 1 aromatic rings. The summed E-state index contributed by atoms with van der Waals surface area (Å²) in [6, 6.07) is 1.25. The number of rotatable bonds is 6. The summed E-state index contributed by atoms with van der Waals surface area (Å²) in [4.78, 5) is 31.4. The highest BCUT2D eigenvalue weighted by Crippen LogP contribution is 2.44. The van der Waals surface area contributed by atoms with Crippen LogP contribution in [0.5, 0.6) is 11.5 Å². The number of anilines is 1. The summed E-state index contributed by atoms with van der Waals surface area (Å²) in [6.45, 7) is 7.48. The molecular formula is C32H48N4O9. The number of hydroxylamine groups is 1. The molecule has 1 aliphatic heterocycles. The third-order valence-electron chi connectivity index (χ3n) is 7.55. The quantitative estimate of drug-likeness (QED) is 0.0673. The molecule has 0 spiro atoms. The van der Waals surface area contributed by atoms with Gasteiger partial charge in [0, 0.05) is 50.1 Å². The normalized spacial score (nSPS) is 27.8. The van der Waals surface area contributed by atoms with Gasteiger partial charge in [-0.15, -0.1) is 0 Å². The van der Waals surface area contributed by atoms with Gasteiger partial charge in [0.15, 0.2) is 6.10 Å². The van der Waals surface area contributed by atoms with Crippen LogP contribution in [0, 0.1) is 11.8 Å². The number of aliphatic hydroxyl groups excluding tert-OH is 1. The van der Waals surface area contributed by atoms with Crippen LogP contribution in [0.2, 0.25) is 0 Å². The molecule has 6 N–H and O–H groups in total. The smallest absolute Gasteiger partial charge is 0.431 e. The summed E-state index contributed by atoms with van der Waals surface area (Å²) in [5.41, 5.74) is 2.79. The number of allylic oxidation sites excluding steroid dienone is 2. The Morgan fingerprint density at radius 2 is 1.89 bits per heavy atom. The van der Waals surface area contributed by atoms with Crippen LogP contribution in [0.15, 0.2) is 46.5 Å². The van der Waals surface area contributed by atoms with Crippen molar-refractivity contribution in [3.05, 3.63) is 47.1 Å². The molecule has 2 amide bonds. The van der Waals surface area contributed by atoms with Crippen LogP contribution in [0.3, 0.4) is 0 Å². The molecule has 1 aromatic carbocycles. The van der Waals surface area contributed by atoms with Gasteiger partial charge in [-0.2, -0.15) is 0 Å². The van der Waals surface area contributed by atoms with Crippen molar-refractivity contribution in [1.29, 1.82) is 0 Å². The van der Waals surface area contributed by atoms with Crippen LogP contribution in [0.25, 0.3) is 0 Å². The number of nitrogens with zero attached hydrogens (tertiary/aromatic N) is 2. The minimum Gasteiger partial charge on any atom is -0.506 e. The highest BCUT2D eigenvalue weighted by Gasteiger charge is 2.30.